The molecule has 0 spiro atoms. The fourth-order valence-electron chi connectivity index (χ4n) is 3.78. The van der Waals surface area contributed by atoms with Crippen molar-refractivity contribution in [2.24, 2.45) is 5.92 Å². The number of nitrogens with zero attached hydrogens (tertiary/aromatic N) is 1. The summed E-state index contributed by atoms with van der Waals surface area (Å²) in [4.78, 5) is 12.9. The van der Waals surface area contributed by atoms with Gasteiger partial charge in [-0.1, -0.05) is 35.9 Å². The van der Waals surface area contributed by atoms with Crippen molar-refractivity contribution in [3.8, 4) is 5.75 Å². The fraction of sp³-hybridized carbons (Fsp3) is 0.435. The monoisotopic (exact) mass is 430 g/mol. The molecule has 0 aliphatic carbocycles. The smallest absolute Gasteiger partial charge is 0.243 e. The molecule has 1 N–H and O–H groups in total. The molecule has 3 rings (SSSR count). The topological polar surface area (TPSA) is 75.7 Å². The molecule has 1 aliphatic heterocycles. The van der Waals surface area contributed by atoms with Crippen LogP contribution in [0.3, 0.4) is 0 Å². The first-order valence-corrected chi connectivity index (χ1v) is 11.8. The van der Waals surface area contributed by atoms with Gasteiger partial charge in [0.25, 0.3) is 0 Å². The number of carbonyl (C=O) groups is 1. The van der Waals surface area contributed by atoms with Crippen molar-refractivity contribution in [1.29, 1.82) is 0 Å². The van der Waals surface area contributed by atoms with Crippen molar-refractivity contribution in [3.05, 3.63) is 59.7 Å². The molecule has 2 aromatic rings. The molecule has 1 heterocycles. The van der Waals surface area contributed by atoms with Crippen LogP contribution in [0.15, 0.2) is 53.4 Å². The van der Waals surface area contributed by atoms with Crippen LogP contribution in [0, 0.1) is 12.8 Å². The predicted octanol–water partition coefficient (Wildman–Crippen LogP) is 3.15. The number of para-hydroxylation sites is 1. The molecule has 6 nitrogen and oxygen atoms in total. The first-order valence-electron chi connectivity index (χ1n) is 10.4. The number of amides is 1. The first kappa shape index (κ1) is 22.3. The lowest BCUT2D eigenvalue weighted by Gasteiger charge is -2.31. The Morgan fingerprint density at radius 3 is 2.63 bits per heavy atom. The van der Waals surface area contributed by atoms with E-state index >= 15 is 0 Å². The number of benzene rings is 2. The maximum Gasteiger partial charge on any atom is 0.243 e. The molecule has 1 amide bonds. The number of aryl methyl sites for hydroxylation is 2. The summed E-state index contributed by atoms with van der Waals surface area (Å²) in [5.41, 5.74) is 2.13. The van der Waals surface area contributed by atoms with Crippen LogP contribution in [0.1, 0.15) is 30.4 Å². The Kier molecular flexibility index (Phi) is 7.50. The summed E-state index contributed by atoms with van der Waals surface area (Å²) in [6.07, 6.45) is 3.00. The third-order valence-corrected chi connectivity index (χ3v) is 7.41. The Balaban J connectivity index is 1.52. The highest BCUT2D eigenvalue weighted by Crippen LogP contribution is 2.24. The molecule has 7 heteroatoms. The molecule has 1 aliphatic rings. The second kappa shape index (κ2) is 10.1. The molecule has 2 aromatic carbocycles. The lowest BCUT2D eigenvalue weighted by Crippen LogP contribution is -2.45. The Morgan fingerprint density at radius 2 is 1.90 bits per heavy atom. The van der Waals surface area contributed by atoms with Crippen LogP contribution in [0.25, 0.3) is 0 Å². The van der Waals surface area contributed by atoms with Gasteiger partial charge in [0.1, 0.15) is 5.75 Å². The van der Waals surface area contributed by atoms with E-state index < -0.39 is 10.0 Å². The third-order valence-electron chi connectivity index (χ3n) is 5.53. The van der Waals surface area contributed by atoms with Crippen molar-refractivity contribution in [3.63, 3.8) is 0 Å². The normalized spacial score (nSPS) is 17.5. The number of carbonyl (C=O) groups excluding carboxylic acids is 1. The highest BCUT2D eigenvalue weighted by atomic mass is 32.2. The van der Waals surface area contributed by atoms with Crippen LogP contribution in [0.2, 0.25) is 0 Å². The molecular weight excluding hydrogens is 400 g/mol. The van der Waals surface area contributed by atoms with Crippen molar-refractivity contribution in [2.45, 2.75) is 37.5 Å². The van der Waals surface area contributed by atoms with Gasteiger partial charge in [0, 0.05) is 19.6 Å². The van der Waals surface area contributed by atoms with Gasteiger partial charge in [-0.25, -0.2) is 8.42 Å². The molecule has 162 valence electrons. The van der Waals surface area contributed by atoms with E-state index in [1.807, 2.05) is 31.2 Å². The minimum absolute atomic E-state index is 0.0705. The van der Waals surface area contributed by atoms with Gasteiger partial charge in [0.2, 0.25) is 15.9 Å². The van der Waals surface area contributed by atoms with E-state index in [2.05, 4.69) is 5.32 Å². The summed E-state index contributed by atoms with van der Waals surface area (Å²) in [5.74, 6) is 0.470. The summed E-state index contributed by atoms with van der Waals surface area (Å²) in [6.45, 7) is 3.16. The average Bonchev–Trinajstić information content (AvgIpc) is 2.77. The highest BCUT2D eigenvalue weighted by molar-refractivity contribution is 7.89. The second-order valence-corrected chi connectivity index (χ2v) is 9.66. The number of ether oxygens (including phenoxy) is 1. The SMILES string of the molecule is COc1ccccc1CCCNC(=O)[C@@H]1CCCN(S(=O)(=O)c2ccc(C)cc2)C1. The van der Waals surface area contributed by atoms with Gasteiger partial charge in [-0.2, -0.15) is 4.31 Å². The van der Waals surface area contributed by atoms with E-state index in [1.54, 1.807) is 31.4 Å². The van der Waals surface area contributed by atoms with Gasteiger partial charge in [-0.3, -0.25) is 4.79 Å². The Bertz CT molecular complexity index is 957. The van der Waals surface area contributed by atoms with Gasteiger partial charge in [0.15, 0.2) is 0 Å². The number of hydrogen-bond acceptors (Lipinski definition) is 4. The summed E-state index contributed by atoms with van der Waals surface area (Å²) in [7, 11) is -1.92. The lowest BCUT2D eigenvalue weighted by molar-refractivity contribution is -0.126. The van der Waals surface area contributed by atoms with Gasteiger partial charge >= 0.3 is 0 Å². The number of rotatable bonds is 8. The second-order valence-electron chi connectivity index (χ2n) is 7.72. The Hall–Kier alpha value is -2.38. The third kappa shape index (κ3) is 5.40. The molecule has 1 saturated heterocycles. The van der Waals surface area contributed by atoms with Crippen molar-refractivity contribution in [2.75, 3.05) is 26.7 Å². The van der Waals surface area contributed by atoms with Gasteiger partial charge in [0.05, 0.1) is 17.9 Å². The van der Waals surface area contributed by atoms with Crippen LogP contribution < -0.4 is 10.1 Å². The quantitative estimate of drug-likeness (QED) is 0.653. The molecule has 0 radical (unpaired) electrons. The first-order chi connectivity index (χ1) is 14.4. The summed E-state index contributed by atoms with van der Waals surface area (Å²) >= 11 is 0. The number of hydrogen-bond donors (Lipinski definition) is 1. The van der Waals surface area contributed by atoms with Gasteiger partial charge < -0.3 is 10.1 Å². The van der Waals surface area contributed by atoms with Crippen molar-refractivity contribution < 1.29 is 17.9 Å². The average molecular weight is 431 g/mol. The summed E-state index contributed by atoms with van der Waals surface area (Å²) in [5, 5.41) is 2.98. The van der Waals surface area contributed by atoms with E-state index in [-0.39, 0.29) is 23.3 Å². The van der Waals surface area contributed by atoms with Gasteiger partial charge in [-0.05, 0) is 56.4 Å². The highest BCUT2D eigenvalue weighted by Gasteiger charge is 2.33. The molecule has 0 bridgehead atoms. The molecular formula is C23H30N2O4S. The maximum atomic E-state index is 12.9. The largest absolute Gasteiger partial charge is 0.496 e. The standard InChI is InChI=1S/C23H30N2O4S/c1-18-11-13-21(14-12-18)30(27,28)25-16-6-9-20(17-25)23(26)24-15-5-8-19-7-3-4-10-22(19)29-2/h3-4,7,10-14,20H,5-6,8-9,15-17H2,1-2H3,(H,24,26)/t20-/m1/s1. The van der Waals surface area contributed by atoms with Crippen LogP contribution >= 0.6 is 0 Å². The number of sulfonamides is 1. The Morgan fingerprint density at radius 1 is 1.17 bits per heavy atom. The zero-order valence-electron chi connectivity index (χ0n) is 17.6. The summed E-state index contributed by atoms with van der Waals surface area (Å²) < 4.78 is 32.7. The number of methoxy groups -OCH3 is 1. The van der Waals surface area contributed by atoms with Crippen molar-refractivity contribution in [1.82, 2.24) is 9.62 Å². The van der Waals surface area contributed by atoms with Crippen molar-refractivity contribution >= 4 is 15.9 Å². The molecule has 30 heavy (non-hydrogen) atoms. The summed E-state index contributed by atoms with van der Waals surface area (Å²) in [6, 6.07) is 14.7. The van der Waals surface area contributed by atoms with E-state index in [0.717, 1.165) is 29.7 Å². The minimum Gasteiger partial charge on any atom is -0.496 e. The maximum absolute atomic E-state index is 12.9. The lowest BCUT2D eigenvalue weighted by atomic mass is 9.99. The molecule has 0 saturated carbocycles. The zero-order valence-corrected chi connectivity index (χ0v) is 18.5. The molecule has 0 unspecified atom stereocenters. The Labute approximate surface area is 179 Å². The van der Waals surface area contributed by atoms with E-state index in [1.165, 1.54) is 4.31 Å². The fourth-order valence-corrected chi connectivity index (χ4v) is 5.30. The molecule has 1 atom stereocenters. The van der Waals surface area contributed by atoms with E-state index in [9.17, 15) is 13.2 Å². The van der Waals surface area contributed by atoms with Crippen LogP contribution in [-0.4, -0.2) is 45.4 Å². The van der Waals surface area contributed by atoms with Gasteiger partial charge in [-0.15, -0.1) is 0 Å². The van der Waals surface area contributed by atoms with Crippen LogP contribution in [-0.2, 0) is 21.2 Å². The predicted molar refractivity (Wildman–Crippen MR) is 117 cm³/mol. The molecule has 0 aromatic heterocycles. The number of nitrogens with one attached hydrogen (secondary N) is 1. The van der Waals surface area contributed by atoms with Crippen LogP contribution in [0.5, 0.6) is 5.75 Å². The minimum atomic E-state index is -3.57. The van der Waals surface area contributed by atoms with Crippen LogP contribution in [0.4, 0.5) is 0 Å². The number of piperidine rings is 1. The zero-order chi connectivity index (χ0) is 21.6. The molecule has 1 fully saturated rings. The van der Waals surface area contributed by atoms with E-state index in [4.69, 9.17) is 4.74 Å². The van der Waals surface area contributed by atoms with E-state index in [0.29, 0.717) is 25.9 Å².